The number of ether oxygens (including phenoxy) is 1. The van der Waals surface area contributed by atoms with Gasteiger partial charge in [0.15, 0.2) is 0 Å². The first kappa shape index (κ1) is 23.1. The van der Waals surface area contributed by atoms with Gasteiger partial charge < -0.3 is 9.64 Å². The molecule has 0 spiro atoms. The molecule has 158 valence electrons. The summed E-state index contributed by atoms with van der Waals surface area (Å²) in [6.45, 7) is 7.89. The van der Waals surface area contributed by atoms with Crippen molar-refractivity contribution in [2.45, 2.75) is 58.0 Å². The Morgan fingerprint density at radius 1 is 1.10 bits per heavy atom. The second-order valence-electron chi connectivity index (χ2n) is 7.82. The van der Waals surface area contributed by atoms with Crippen molar-refractivity contribution in [3.8, 4) is 6.07 Å². The second kappa shape index (κ2) is 10.5. The molecule has 0 N–H and O–H groups in total. The van der Waals surface area contributed by atoms with Crippen molar-refractivity contribution < 1.29 is 14.3 Å². The highest BCUT2D eigenvalue weighted by Gasteiger charge is 2.37. The fourth-order valence-electron chi connectivity index (χ4n) is 3.90. The number of methoxy groups -OCH3 is 1. The van der Waals surface area contributed by atoms with Crippen LogP contribution in [0.15, 0.2) is 48.8 Å². The minimum atomic E-state index is -0.661. The predicted molar refractivity (Wildman–Crippen MR) is 115 cm³/mol. The fourth-order valence-corrected chi connectivity index (χ4v) is 3.90. The van der Waals surface area contributed by atoms with E-state index in [0.717, 1.165) is 5.56 Å². The van der Waals surface area contributed by atoms with Crippen molar-refractivity contribution in [3.63, 3.8) is 0 Å². The Labute approximate surface area is 178 Å². The van der Waals surface area contributed by atoms with Gasteiger partial charge in [-0.25, -0.2) is 0 Å². The van der Waals surface area contributed by atoms with E-state index in [0.29, 0.717) is 11.1 Å². The van der Waals surface area contributed by atoms with Crippen LogP contribution in [-0.4, -0.2) is 41.0 Å². The minimum Gasteiger partial charge on any atom is -0.469 e. The molecule has 0 aliphatic rings. The van der Waals surface area contributed by atoms with Crippen LogP contribution >= 0.6 is 0 Å². The summed E-state index contributed by atoms with van der Waals surface area (Å²) in [6, 6.07) is 12.8. The molecule has 1 heterocycles. The summed E-state index contributed by atoms with van der Waals surface area (Å²) in [7, 11) is 1.34. The topological polar surface area (TPSA) is 83.3 Å². The van der Waals surface area contributed by atoms with Gasteiger partial charge >= 0.3 is 5.97 Å². The number of hydrogen-bond acceptors (Lipinski definition) is 5. The van der Waals surface area contributed by atoms with Gasteiger partial charge in [0, 0.05) is 30.4 Å². The lowest BCUT2D eigenvalue weighted by molar-refractivity contribution is -0.142. The average molecular weight is 408 g/mol. The maximum atomic E-state index is 13.9. The number of carbonyl (C=O) groups excluding carboxylic acids is 2. The van der Waals surface area contributed by atoms with Gasteiger partial charge in [-0.1, -0.05) is 18.2 Å². The molecule has 0 saturated heterocycles. The van der Waals surface area contributed by atoms with E-state index in [1.165, 1.54) is 7.11 Å². The number of nitriles is 1. The normalized spacial score (nSPS) is 12.9. The standard InChI is InChI=1S/C24H29N3O3/c1-16(2)27(17(3)4)24(29)23(19-9-6-8-18(12-19)14-25)21(13-22(28)30-5)20-10-7-11-26-15-20/h6-12,15-17,21,23H,13H2,1-5H3. The minimum absolute atomic E-state index is 0.0215. The molecule has 0 fully saturated rings. The van der Waals surface area contributed by atoms with Gasteiger partial charge in [-0.3, -0.25) is 14.6 Å². The van der Waals surface area contributed by atoms with Gasteiger partial charge in [-0.2, -0.15) is 5.26 Å². The number of amides is 1. The lowest BCUT2D eigenvalue weighted by atomic mass is 9.78. The van der Waals surface area contributed by atoms with Gasteiger partial charge in [0.05, 0.1) is 31.1 Å². The van der Waals surface area contributed by atoms with Crippen molar-refractivity contribution in [2.75, 3.05) is 7.11 Å². The molecule has 0 aliphatic carbocycles. The smallest absolute Gasteiger partial charge is 0.306 e. The van der Waals surface area contributed by atoms with Crippen LogP contribution in [0.25, 0.3) is 0 Å². The lowest BCUT2D eigenvalue weighted by Gasteiger charge is -2.37. The maximum absolute atomic E-state index is 13.9. The molecule has 6 nitrogen and oxygen atoms in total. The predicted octanol–water partition coefficient (Wildman–Crippen LogP) is 4.03. The van der Waals surface area contributed by atoms with Crippen molar-refractivity contribution in [1.29, 1.82) is 5.26 Å². The molecular weight excluding hydrogens is 378 g/mol. The Morgan fingerprint density at radius 2 is 1.77 bits per heavy atom. The SMILES string of the molecule is COC(=O)CC(c1cccnc1)C(C(=O)N(C(C)C)C(C)C)c1cccc(C#N)c1. The van der Waals surface area contributed by atoms with Gasteiger partial charge in [0.25, 0.3) is 0 Å². The Hall–Kier alpha value is -3.20. The third-order valence-electron chi connectivity index (χ3n) is 5.14. The summed E-state index contributed by atoms with van der Waals surface area (Å²) in [5.41, 5.74) is 1.94. The van der Waals surface area contributed by atoms with E-state index in [-0.39, 0.29) is 24.4 Å². The molecule has 0 saturated carbocycles. The maximum Gasteiger partial charge on any atom is 0.306 e. The summed E-state index contributed by atoms with van der Waals surface area (Å²) < 4.78 is 4.93. The third-order valence-corrected chi connectivity index (χ3v) is 5.14. The van der Waals surface area contributed by atoms with Crippen LogP contribution in [0.4, 0.5) is 0 Å². The van der Waals surface area contributed by atoms with Gasteiger partial charge in [-0.05, 0) is 57.0 Å². The molecule has 2 unspecified atom stereocenters. The van der Waals surface area contributed by atoms with Crippen LogP contribution in [0, 0.1) is 11.3 Å². The van der Waals surface area contributed by atoms with E-state index in [2.05, 4.69) is 11.1 Å². The molecule has 30 heavy (non-hydrogen) atoms. The van der Waals surface area contributed by atoms with Gasteiger partial charge in [-0.15, -0.1) is 0 Å². The molecule has 0 bridgehead atoms. The Bertz CT molecular complexity index is 895. The summed E-state index contributed by atoms with van der Waals surface area (Å²) in [5, 5.41) is 9.38. The molecule has 0 aliphatic heterocycles. The van der Waals surface area contributed by atoms with E-state index in [1.54, 1.807) is 36.7 Å². The monoisotopic (exact) mass is 407 g/mol. The quantitative estimate of drug-likeness (QED) is 0.617. The molecule has 1 amide bonds. The number of carbonyl (C=O) groups is 2. The zero-order valence-corrected chi connectivity index (χ0v) is 18.2. The number of nitrogens with zero attached hydrogens (tertiary/aromatic N) is 3. The van der Waals surface area contributed by atoms with Crippen LogP contribution in [0.3, 0.4) is 0 Å². The van der Waals surface area contributed by atoms with Crippen molar-refractivity contribution in [2.24, 2.45) is 0 Å². The number of benzene rings is 1. The summed E-state index contributed by atoms with van der Waals surface area (Å²) in [5.74, 6) is -1.63. The molecule has 6 heteroatoms. The molecule has 2 aromatic rings. The number of rotatable bonds is 8. The van der Waals surface area contributed by atoms with Crippen molar-refractivity contribution >= 4 is 11.9 Å². The van der Waals surface area contributed by atoms with E-state index < -0.39 is 17.8 Å². The molecule has 2 atom stereocenters. The molecule has 2 rings (SSSR count). The number of aromatic nitrogens is 1. The average Bonchev–Trinajstić information content (AvgIpc) is 2.73. The Morgan fingerprint density at radius 3 is 2.30 bits per heavy atom. The molecule has 0 radical (unpaired) electrons. The van der Waals surface area contributed by atoms with Crippen LogP contribution < -0.4 is 0 Å². The Kier molecular flexibility index (Phi) is 8.11. The fraction of sp³-hybridized carbons (Fsp3) is 0.417. The highest BCUT2D eigenvalue weighted by Crippen LogP contribution is 2.38. The highest BCUT2D eigenvalue weighted by atomic mass is 16.5. The Balaban J connectivity index is 2.68. The van der Waals surface area contributed by atoms with E-state index in [1.807, 2.05) is 44.7 Å². The van der Waals surface area contributed by atoms with Crippen LogP contribution in [0.5, 0.6) is 0 Å². The van der Waals surface area contributed by atoms with Crippen molar-refractivity contribution in [1.82, 2.24) is 9.88 Å². The molecule has 1 aromatic carbocycles. The summed E-state index contributed by atoms with van der Waals surface area (Å²) in [4.78, 5) is 32.2. The van der Waals surface area contributed by atoms with Crippen LogP contribution in [0.1, 0.15) is 62.6 Å². The summed E-state index contributed by atoms with van der Waals surface area (Å²) in [6.07, 6.45) is 3.36. The van der Waals surface area contributed by atoms with Crippen LogP contribution in [0.2, 0.25) is 0 Å². The highest BCUT2D eigenvalue weighted by molar-refractivity contribution is 5.86. The second-order valence-corrected chi connectivity index (χ2v) is 7.82. The number of pyridine rings is 1. The lowest BCUT2D eigenvalue weighted by Crippen LogP contribution is -2.46. The van der Waals surface area contributed by atoms with Crippen molar-refractivity contribution in [3.05, 3.63) is 65.5 Å². The first-order chi connectivity index (χ1) is 14.3. The van der Waals surface area contributed by atoms with Gasteiger partial charge in [0.2, 0.25) is 5.91 Å². The van der Waals surface area contributed by atoms with E-state index >= 15 is 0 Å². The number of esters is 1. The largest absolute Gasteiger partial charge is 0.469 e. The number of hydrogen-bond donors (Lipinski definition) is 0. The molecule has 1 aromatic heterocycles. The van der Waals surface area contributed by atoms with Gasteiger partial charge in [0.1, 0.15) is 0 Å². The van der Waals surface area contributed by atoms with E-state index in [4.69, 9.17) is 4.74 Å². The molecular formula is C24H29N3O3. The zero-order valence-electron chi connectivity index (χ0n) is 18.2. The first-order valence-corrected chi connectivity index (χ1v) is 10.1. The third kappa shape index (κ3) is 5.44. The summed E-state index contributed by atoms with van der Waals surface area (Å²) >= 11 is 0. The van der Waals surface area contributed by atoms with E-state index in [9.17, 15) is 14.9 Å². The first-order valence-electron chi connectivity index (χ1n) is 10.1. The van der Waals surface area contributed by atoms with Crippen LogP contribution in [-0.2, 0) is 14.3 Å². The zero-order chi connectivity index (χ0) is 22.3.